The van der Waals surface area contributed by atoms with Gasteiger partial charge in [-0.15, -0.1) is 0 Å². The normalized spacial score (nSPS) is 17.8. The van der Waals surface area contributed by atoms with Crippen molar-refractivity contribution in [2.24, 2.45) is 0 Å². The van der Waals surface area contributed by atoms with Crippen LogP contribution < -0.4 is 0 Å². The standard InChI is InChI=1S/C17H19F2NO/c1-11-7-15-16(3-2-4-17(15)21)20(11)6-5-12-8-13(18)10-14(19)9-12/h7-10,17,21H,2-6H2,1H3. The van der Waals surface area contributed by atoms with Gasteiger partial charge >= 0.3 is 0 Å². The summed E-state index contributed by atoms with van der Waals surface area (Å²) < 4.78 is 28.6. The van der Waals surface area contributed by atoms with Crippen LogP contribution in [0.2, 0.25) is 0 Å². The van der Waals surface area contributed by atoms with Crippen LogP contribution in [0.4, 0.5) is 8.78 Å². The molecule has 2 aromatic rings. The molecule has 4 heteroatoms. The topological polar surface area (TPSA) is 25.2 Å². The average molecular weight is 291 g/mol. The van der Waals surface area contributed by atoms with Gasteiger partial charge in [0.1, 0.15) is 11.6 Å². The predicted octanol–water partition coefficient (Wildman–Crippen LogP) is 3.69. The summed E-state index contributed by atoms with van der Waals surface area (Å²) in [7, 11) is 0. The van der Waals surface area contributed by atoms with Crippen molar-refractivity contribution >= 4 is 0 Å². The molecule has 0 amide bonds. The van der Waals surface area contributed by atoms with Gasteiger partial charge in [-0.1, -0.05) is 0 Å². The van der Waals surface area contributed by atoms with E-state index in [0.29, 0.717) is 18.5 Å². The molecule has 2 nitrogen and oxygen atoms in total. The molecule has 1 aliphatic carbocycles. The number of hydrogen-bond acceptors (Lipinski definition) is 1. The van der Waals surface area contributed by atoms with Gasteiger partial charge < -0.3 is 9.67 Å². The third kappa shape index (κ3) is 2.86. The predicted molar refractivity (Wildman–Crippen MR) is 77.1 cm³/mol. The van der Waals surface area contributed by atoms with Crippen molar-refractivity contribution in [2.45, 2.75) is 45.3 Å². The average Bonchev–Trinajstić information content (AvgIpc) is 2.73. The number of aliphatic hydroxyl groups is 1. The van der Waals surface area contributed by atoms with Crippen LogP contribution in [-0.4, -0.2) is 9.67 Å². The Bertz CT molecular complexity index is 643. The van der Waals surface area contributed by atoms with E-state index < -0.39 is 11.6 Å². The lowest BCUT2D eigenvalue weighted by atomic mass is 9.95. The highest BCUT2D eigenvalue weighted by atomic mass is 19.1. The summed E-state index contributed by atoms with van der Waals surface area (Å²) in [5.41, 5.74) is 3.94. The maximum absolute atomic E-state index is 13.2. The minimum atomic E-state index is -0.535. The highest BCUT2D eigenvalue weighted by molar-refractivity contribution is 5.32. The lowest BCUT2D eigenvalue weighted by Gasteiger charge is -2.20. The molecule has 0 radical (unpaired) electrons. The van der Waals surface area contributed by atoms with Gasteiger partial charge in [-0.2, -0.15) is 0 Å². The second kappa shape index (κ2) is 5.60. The number of fused-ring (bicyclic) bond motifs is 1. The Balaban J connectivity index is 1.82. The van der Waals surface area contributed by atoms with Crippen molar-refractivity contribution in [3.05, 3.63) is 58.4 Å². The zero-order chi connectivity index (χ0) is 15.0. The lowest BCUT2D eigenvalue weighted by molar-refractivity contribution is 0.155. The molecule has 3 rings (SSSR count). The Kier molecular flexibility index (Phi) is 3.81. The number of hydrogen-bond donors (Lipinski definition) is 1. The number of aromatic nitrogens is 1. The van der Waals surface area contributed by atoms with Crippen LogP contribution in [0.5, 0.6) is 0 Å². The lowest BCUT2D eigenvalue weighted by Crippen LogP contribution is -2.13. The number of aliphatic hydroxyl groups excluding tert-OH is 1. The second-order valence-electron chi connectivity index (χ2n) is 5.78. The Labute approximate surface area is 123 Å². The highest BCUT2D eigenvalue weighted by Crippen LogP contribution is 2.32. The largest absolute Gasteiger partial charge is 0.388 e. The van der Waals surface area contributed by atoms with Crippen molar-refractivity contribution in [2.75, 3.05) is 0 Å². The molecule has 1 aromatic heterocycles. The van der Waals surface area contributed by atoms with Crippen LogP contribution in [-0.2, 0) is 19.4 Å². The number of halogens is 2. The Morgan fingerprint density at radius 1 is 1.19 bits per heavy atom. The van der Waals surface area contributed by atoms with Crippen LogP contribution in [0.25, 0.3) is 0 Å². The molecule has 1 N–H and O–H groups in total. The first-order chi connectivity index (χ1) is 10.0. The molecule has 112 valence electrons. The molecule has 0 spiro atoms. The fourth-order valence-electron chi connectivity index (χ4n) is 3.25. The first kappa shape index (κ1) is 14.3. The molecule has 0 fully saturated rings. The maximum atomic E-state index is 13.2. The molecule has 0 saturated carbocycles. The summed E-state index contributed by atoms with van der Waals surface area (Å²) in [6.45, 7) is 2.69. The smallest absolute Gasteiger partial charge is 0.126 e. The molecular formula is C17H19F2NO. The second-order valence-corrected chi connectivity index (χ2v) is 5.78. The fraction of sp³-hybridized carbons (Fsp3) is 0.412. The Morgan fingerprint density at radius 3 is 2.62 bits per heavy atom. The van der Waals surface area contributed by atoms with Crippen molar-refractivity contribution in [1.82, 2.24) is 4.57 Å². The van der Waals surface area contributed by atoms with E-state index in [2.05, 4.69) is 4.57 Å². The van der Waals surface area contributed by atoms with Crippen LogP contribution in [0.15, 0.2) is 24.3 Å². The minimum absolute atomic E-state index is 0.375. The molecule has 21 heavy (non-hydrogen) atoms. The third-order valence-electron chi connectivity index (χ3n) is 4.25. The van der Waals surface area contributed by atoms with Crippen LogP contribution >= 0.6 is 0 Å². The summed E-state index contributed by atoms with van der Waals surface area (Å²) in [6, 6.07) is 5.68. The van der Waals surface area contributed by atoms with Crippen molar-refractivity contribution in [3.63, 3.8) is 0 Å². The van der Waals surface area contributed by atoms with Gasteiger partial charge in [-0.3, -0.25) is 0 Å². The number of rotatable bonds is 3. The Hall–Kier alpha value is -1.68. The van der Waals surface area contributed by atoms with Crippen LogP contribution in [0, 0.1) is 18.6 Å². The number of benzene rings is 1. The van der Waals surface area contributed by atoms with Crippen LogP contribution in [0.1, 0.15) is 41.5 Å². The molecule has 0 bridgehead atoms. The van der Waals surface area contributed by atoms with Crippen molar-refractivity contribution < 1.29 is 13.9 Å². The first-order valence-corrected chi connectivity index (χ1v) is 7.36. The fourth-order valence-corrected chi connectivity index (χ4v) is 3.25. The van der Waals surface area contributed by atoms with E-state index in [0.717, 1.165) is 36.6 Å². The van der Waals surface area contributed by atoms with Gasteiger partial charge in [0.2, 0.25) is 0 Å². The van der Waals surface area contributed by atoms with E-state index in [1.165, 1.54) is 17.8 Å². The van der Waals surface area contributed by atoms with Gasteiger partial charge in [-0.05, 0) is 56.4 Å². The quantitative estimate of drug-likeness (QED) is 0.916. The number of nitrogens with zero attached hydrogens (tertiary/aromatic N) is 1. The molecule has 0 aliphatic heterocycles. The SMILES string of the molecule is Cc1cc2c(n1CCc1cc(F)cc(F)c1)CCCC2O. The van der Waals surface area contributed by atoms with E-state index in [-0.39, 0.29) is 6.10 Å². The number of aryl methyl sites for hydroxylation is 2. The molecule has 1 aliphatic rings. The zero-order valence-electron chi connectivity index (χ0n) is 12.1. The summed E-state index contributed by atoms with van der Waals surface area (Å²) in [6.07, 6.45) is 2.95. The molecular weight excluding hydrogens is 272 g/mol. The van der Waals surface area contributed by atoms with Gasteiger partial charge in [0, 0.05) is 29.6 Å². The van der Waals surface area contributed by atoms with E-state index in [9.17, 15) is 13.9 Å². The van der Waals surface area contributed by atoms with Gasteiger partial charge in [-0.25, -0.2) is 8.78 Å². The Morgan fingerprint density at radius 2 is 1.90 bits per heavy atom. The third-order valence-corrected chi connectivity index (χ3v) is 4.25. The summed E-state index contributed by atoms with van der Waals surface area (Å²) in [5, 5.41) is 10.0. The van der Waals surface area contributed by atoms with E-state index in [1.807, 2.05) is 13.0 Å². The summed E-state index contributed by atoms with van der Waals surface area (Å²) >= 11 is 0. The van der Waals surface area contributed by atoms with E-state index >= 15 is 0 Å². The monoisotopic (exact) mass is 291 g/mol. The van der Waals surface area contributed by atoms with Crippen molar-refractivity contribution in [3.8, 4) is 0 Å². The van der Waals surface area contributed by atoms with Gasteiger partial charge in [0.25, 0.3) is 0 Å². The van der Waals surface area contributed by atoms with E-state index in [1.54, 1.807) is 0 Å². The highest BCUT2D eigenvalue weighted by Gasteiger charge is 2.22. The molecule has 1 unspecified atom stereocenters. The molecule has 1 aromatic carbocycles. The summed E-state index contributed by atoms with van der Waals surface area (Å²) in [5.74, 6) is -1.07. The zero-order valence-corrected chi connectivity index (χ0v) is 12.1. The van der Waals surface area contributed by atoms with E-state index in [4.69, 9.17) is 0 Å². The van der Waals surface area contributed by atoms with Crippen molar-refractivity contribution in [1.29, 1.82) is 0 Å². The maximum Gasteiger partial charge on any atom is 0.126 e. The van der Waals surface area contributed by atoms with Gasteiger partial charge in [0.15, 0.2) is 0 Å². The first-order valence-electron chi connectivity index (χ1n) is 7.36. The summed E-state index contributed by atoms with van der Waals surface area (Å²) in [4.78, 5) is 0. The molecule has 1 atom stereocenters. The van der Waals surface area contributed by atoms with Crippen LogP contribution in [0.3, 0.4) is 0 Å². The van der Waals surface area contributed by atoms with Gasteiger partial charge in [0.05, 0.1) is 6.10 Å². The molecule has 0 saturated heterocycles. The molecule has 1 heterocycles. The minimum Gasteiger partial charge on any atom is -0.388 e.